The molecule has 0 atom stereocenters. The summed E-state index contributed by atoms with van der Waals surface area (Å²) < 4.78 is 0. The molecule has 0 saturated carbocycles. The Labute approximate surface area is 173 Å². The van der Waals surface area contributed by atoms with Gasteiger partial charge in [0.05, 0.1) is 17.2 Å². The molecule has 6 heteroatoms. The largest absolute Gasteiger partial charge is 0.357 e. The Hall–Kier alpha value is -1.92. The molecule has 1 aliphatic rings. The third-order valence-corrected chi connectivity index (χ3v) is 6.37. The Balaban J connectivity index is 1.51. The predicted octanol–water partition coefficient (Wildman–Crippen LogP) is 3.79. The first-order valence-electron chi connectivity index (χ1n) is 10.3. The van der Waals surface area contributed by atoms with Crippen LogP contribution in [0.4, 0.5) is 0 Å². The first-order valence-corrected chi connectivity index (χ1v) is 11.1. The van der Waals surface area contributed by atoms with Gasteiger partial charge in [-0.1, -0.05) is 24.3 Å². The van der Waals surface area contributed by atoms with Crippen LogP contribution in [0, 0.1) is 20.8 Å². The summed E-state index contributed by atoms with van der Waals surface area (Å²) in [5, 5.41) is 8.15. The third-order valence-electron chi connectivity index (χ3n) is 5.31. The Morgan fingerprint density at radius 2 is 1.96 bits per heavy atom. The molecule has 1 aliphatic heterocycles. The van der Waals surface area contributed by atoms with Crippen molar-refractivity contribution in [3.05, 3.63) is 51.0 Å². The summed E-state index contributed by atoms with van der Waals surface area (Å²) in [4.78, 5) is 13.1. The molecule has 0 aliphatic carbocycles. The van der Waals surface area contributed by atoms with Crippen LogP contribution in [0.5, 0.6) is 0 Å². The molecule has 0 bridgehead atoms. The third kappa shape index (κ3) is 5.79. The summed E-state index contributed by atoms with van der Waals surface area (Å²) in [6.07, 6.45) is 2.30. The van der Waals surface area contributed by atoms with E-state index < -0.39 is 0 Å². The van der Waals surface area contributed by atoms with Crippen molar-refractivity contribution in [2.75, 3.05) is 19.6 Å². The van der Waals surface area contributed by atoms with Gasteiger partial charge in [-0.25, -0.2) is 9.98 Å². The van der Waals surface area contributed by atoms with Crippen LogP contribution in [0.1, 0.15) is 46.5 Å². The maximum atomic E-state index is 4.80. The summed E-state index contributed by atoms with van der Waals surface area (Å²) in [6.45, 7) is 13.3. The van der Waals surface area contributed by atoms with Gasteiger partial charge >= 0.3 is 0 Å². The minimum Gasteiger partial charge on any atom is -0.357 e. The summed E-state index contributed by atoms with van der Waals surface area (Å²) in [5.41, 5.74) is 3.93. The van der Waals surface area contributed by atoms with Crippen LogP contribution in [0.2, 0.25) is 0 Å². The highest BCUT2D eigenvalue weighted by Crippen LogP contribution is 2.18. The zero-order valence-corrected chi connectivity index (χ0v) is 18.4. The fourth-order valence-electron chi connectivity index (χ4n) is 3.65. The zero-order valence-electron chi connectivity index (χ0n) is 17.6. The number of aromatic nitrogens is 1. The number of hydrogen-bond donors (Lipinski definition) is 2. The monoisotopic (exact) mass is 399 g/mol. The maximum Gasteiger partial charge on any atom is 0.191 e. The smallest absolute Gasteiger partial charge is 0.191 e. The molecule has 2 aromatic rings. The Morgan fingerprint density at radius 3 is 2.61 bits per heavy atom. The predicted molar refractivity (Wildman–Crippen MR) is 119 cm³/mol. The molecule has 2 heterocycles. The van der Waals surface area contributed by atoms with Crippen molar-refractivity contribution in [3.63, 3.8) is 0 Å². The minimum absolute atomic E-state index is 0.482. The normalized spacial score (nSPS) is 16.4. The van der Waals surface area contributed by atoms with Gasteiger partial charge in [0.1, 0.15) is 0 Å². The minimum atomic E-state index is 0.482. The zero-order chi connectivity index (χ0) is 19.9. The number of nitrogens with zero attached hydrogens (tertiary/aromatic N) is 3. The lowest BCUT2D eigenvalue weighted by molar-refractivity contribution is 0.198. The van der Waals surface area contributed by atoms with Crippen molar-refractivity contribution in [3.8, 4) is 0 Å². The standard InChI is InChI=1S/C22H33N5S/c1-5-23-22(24-14-21-17(3)25-18(4)28-21)26-20-10-12-27(13-11-20)15-19-9-7-6-8-16(19)2/h6-9,20H,5,10-15H2,1-4H3,(H2,23,24,26). The van der Waals surface area contributed by atoms with E-state index in [0.717, 1.165) is 55.7 Å². The van der Waals surface area contributed by atoms with E-state index in [-0.39, 0.29) is 0 Å². The van der Waals surface area contributed by atoms with Crippen LogP contribution in [-0.2, 0) is 13.1 Å². The van der Waals surface area contributed by atoms with Crippen molar-refractivity contribution in [2.45, 2.75) is 59.7 Å². The van der Waals surface area contributed by atoms with Gasteiger partial charge in [-0.05, 0) is 51.7 Å². The second-order valence-electron chi connectivity index (χ2n) is 7.56. The van der Waals surface area contributed by atoms with Gasteiger partial charge in [0, 0.05) is 37.1 Å². The molecular formula is C22H33N5S. The Morgan fingerprint density at radius 1 is 1.21 bits per heavy atom. The lowest BCUT2D eigenvalue weighted by atomic mass is 10.0. The molecular weight excluding hydrogens is 366 g/mol. The van der Waals surface area contributed by atoms with Gasteiger partial charge in [-0.15, -0.1) is 11.3 Å². The summed E-state index contributed by atoms with van der Waals surface area (Å²) in [7, 11) is 0. The quantitative estimate of drug-likeness (QED) is 0.573. The second-order valence-corrected chi connectivity index (χ2v) is 8.85. The summed E-state index contributed by atoms with van der Waals surface area (Å²) >= 11 is 1.74. The van der Waals surface area contributed by atoms with E-state index >= 15 is 0 Å². The van der Waals surface area contributed by atoms with E-state index in [1.54, 1.807) is 11.3 Å². The van der Waals surface area contributed by atoms with E-state index in [1.165, 1.54) is 16.0 Å². The van der Waals surface area contributed by atoms with Gasteiger partial charge in [-0.3, -0.25) is 4.90 Å². The Kier molecular flexibility index (Phi) is 7.45. The molecule has 0 spiro atoms. The highest BCUT2D eigenvalue weighted by atomic mass is 32.1. The van der Waals surface area contributed by atoms with Crippen molar-refractivity contribution in [2.24, 2.45) is 4.99 Å². The number of hydrogen-bond acceptors (Lipinski definition) is 4. The number of likely N-dealkylation sites (tertiary alicyclic amines) is 1. The highest BCUT2D eigenvalue weighted by Gasteiger charge is 2.20. The first-order chi connectivity index (χ1) is 13.5. The van der Waals surface area contributed by atoms with E-state index in [1.807, 2.05) is 0 Å². The van der Waals surface area contributed by atoms with Crippen LogP contribution < -0.4 is 10.6 Å². The molecule has 152 valence electrons. The van der Waals surface area contributed by atoms with Crippen molar-refractivity contribution in [1.29, 1.82) is 0 Å². The molecule has 0 radical (unpaired) electrons. The summed E-state index contributed by atoms with van der Waals surface area (Å²) in [6, 6.07) is 9.19. The SMILES string of the molecule is CCNC(=NCc1sc(C)nc1C)NC1CCN(Cc2ccccc2C)CC1. The molecule has 0 unspecified atom stereocenters. The number of thiazole rings is 1. The van der Waals surface area contributed by atoms with Crippen LogP contribution in [-0.4, -0.2) is 41.5 Å². The lowest BCUT2D eigenvalue weighted by Gasteiger charge is -2.33. The molecule has 5 nitrogen and oxygen atoms in total. The topological polar surface area (TPSA) is 52.6 Å². The van der Waals surface area contributed by atoms with Gasteiger partial charge in [0.2, 0.25) is 0 Å². The van der Waals surface area contributed by atoms with Gasteiger partial charge < -0.3 is 10.6 Å². The molecule has 1 saturated heterocycles. The molecule has 1 aromatic carbocycles. The van der Waals surface area contributed by atoms with E-state index in [4.69, 9.17) is 4.99 Å². The molecule has 0 amide bonds. The Bertz CT molecular complexity index is 790. The summed E-state index contributed by atoms with van der Waals surface area (Å²) in [5.74, 6) is 0.922. The average molecular weight is 400 g/mol. The van der Waals surface area contributed by atoms with E-state index in [9.17, 15) is 0 Å². The molecule has 1 fully saturated rings. The lowest BCUT2D eigenvalue weighted by Crippen LogP contribution is -2.48. The number of benzene rings is 1. The molecule has 2 N–H and O–H groups in total. The van der Waals surface area contributed by atoms with Crippen LogP contribution in [0.15, 0.2) is 29.3 Å². The molecule has 28 heavy (non-hydrogen) atoms. The van der Waals surface area contributed by atoms with Gasteiger partial charge in [-0.2, -0.15) is 0 Å². The number of nitrogens with one attached hydrogen (secondary N) is 2. The highest BCUT2D eigenvalue weighted by molar-refractivity contribution is 7.11. The maximum absolute atomic E-state index is 4.80. The number of piperidine rings is 1. The van der Waals surface area contributed by atoms with Crippen molar-refractivity contribution in [1.82, 2.24) is 20.5 Å². The van der Waals surface area contributed by atoms with Crippen LogP contribution >= 0.6 is 11.3 Å². The number of rotatable bonds is 6. The molecule has 3 rings (SSSR count). The number of aryl methyl sites for hydroxylation is 3. The number of aliphatic imine (C=N–C) groups is 1. The van der Waals surface area contributed by atoms with Crippen LogP contribution in [0.25, 0.3) is 0 Å². The fourth-order valence-corrected chi connectivity index (χ4v) is 4.51. The fraction of sp³-hybridized carbons (Fsp3) is 0.545. The van der Waals surface area contributed by atoms with Crippen molar-refractivity contribution >= 4 is 17.3 Å². The van der Waals surface area contributed by atoms with Gasteiger partial charge in [0.15, 0.2) is 5.96 Å². The number of guanidine groups is 1. The van der Waals surface area contributed by atoms with Crippen LogP contribution in [0.3, 0.4) is 0 Å². The van der Waals surface area contributed by atoms with Crippen molar-refractivity contribution < 1.29 is 0 Å². The second kappa shape index (κ2) is 10.0. The molecule has 1 aromatic heterocycles. The first kappa shape index (κ1) is 20.8. The average Bonchev–Trinajstić information content (AvgIpc) is 3.00. The van der Waals surface area contributed by atoms with E-state index in [2.05, 4.69) is 72.5 Å². The van der Waals surface area contributed by atoms with E-state index in [0.29, 0.717) is 12.6 Å². The van der Waals surface area contributed by atoms with Gasteiger partial charge in [0.25, 0.3) is 0 Å².